The second kappa shape index (κ2) is 7.81. The molecule has 146 valence electrons. The summed E-state index contributed by atoms with van der Waals surface area (Å²) in [4.78, 5) is 28.5. The zero-order valence-electron chi connectivity index (χ0n) is 15.8. The van der Waals surface area contributed by atoms with Crippen LogP contribution in [-0.4, -0.2) is 26.0 Å². The van der Waals surface area contributed by atoms with Gasteiger partial charge in [-0.1, -0.05) is 18.2 Å². The van der Waals surface area contributed by atoms with Gasteiger partial charge < -0.3 is 14.8 Å². The molecule has 7 heteroatoms. The van der Waals surface area contributed by atoms with Crippen LogP contribution in [0.2, 0.25) is 0 Å². The number of thiophene rings is 1. The van der Waals surface area contributed by atoms with Crippen LogP contribution in [-0.2, 0) is 9.59 Å². The Kier molecular flexibility index (Phi) is 5.05. The fourth-order valence-corrected chi connectivity index (χ4v) is 3.89. The van der Waals surface area contributed by atoms with Crippen LogP contribution in [0, 0.1) is 0 Å². The van der Waals surface area contributed by atoms with Crippen LogP contribution in [0.15, 0.2) is 71.7 Å². The molecule has 0 saturated carbocycles. The number of ether oxygens (including phenoxy) is 2. The van der Waals surface area contributed by atoms with Crippen LogP contribution in [0.5, 0.6) is 11.5 Å². The Morgan fingerprint density at radius 1 is 0.862 bits per heavy atom. The lowest BCUT2D eigenvalue weighted by atomic mass is 10.2. The van der Waals surface area contributed by atoms with Gasteiger partial charge in [0.25, 0.3) is 11.8 Å². The Balaban J connectivity index is 1.78. The monoisotopic (exact) mass is 406 g/mol. The second-order valence-corrected chi connectivity index (χ2v) is 7.18. The van der Waals surface area contributed by atoms with Crippen molar-refractivity contribution in [3.8, 4) is 11.5 Å². The molecule has 0 aliphatic carbocycles. The maximum atomic E-state index is 13.3. The minimum Gasteiger partial charge on any atom is -0.497 e. The molecule has 0 saturated heterocycles. The Bertz CT molecular complexity index is 1110. The van der Waals surface area contributed by atoms with Gasteiger partial charge in [-0.3, -0.25) is 9.59 Å². The summed E-state index contributed by atoms with van der Waals surface area (Å²) in [5.41, 5.74) is 1.68. The number of rotatable bonds is 6. The number of carbonyl (C=O) groups is 2. The molecule has 0 radical (unpaired) electrons. The van der Waals surface area contributed by atoms with Crippen LogP contribution < -0.4 is 19.7 Å². The van der Waals surface area contributed by atoms with Crippen LogP contribution in [0.3, 0.4) is 0 Å². The Hall–Kier alpha value is -3.58. The summed E-state index contributed by atoms with van der Waals surface area (Å²) in [7, 11) is 3.11. The molecule has 1 N–H and O–H groups in total. The van der Waals surface area contributed by atoms with Crippen molar-refractivity contribution in [2.75, 3.05) is 24.4 Å². The Morgan fingerprint density at radius 3 is 2.28 bits per heavy atom. The number of imide groups is 1. The van der Waals surface area contributed by atoms with Gasteiger partial charge in [-0.05, 0) is 35.7 Å². The second-order valence-electron chi connectivity index (χ2n) is 6.23. The Labute approximate surface area is 172 Å². The van der Waals surface area contributed by atoms with E-state index in [0.29, 0.717) is 28.4 Å². The largest absolute Gasteiger partial charge is 0.497 e. The molecule has 3 aromatic rings. The van der Waals surface area contributed by atoms with E-state index in [0.717, 1.165) is 4.88 Å². The van der Waals surface area contributed by atoms with Crippen molar-refractivity contribution in [2.24, 2.45) is 0 Å². The normalized spacial score (nSPS) is 13.8. The average Bonchev–Trinajstić information content (AvgIpc) is 3.35. The molecule has 0 unspecified atom stereocenters. The fourth-order valence-electron chi connectivity index (χ4n) is 3.12. The van der Waals surface area contributed by atoms with E-state index in [1.54, 1.807) is 37.4 Å². The minimum absolute atomic E-state index is 0.230. The maximum absolute atomic E-state index is 13.3. The minimum atomic E-state index is -0.422. The standard InChI is InChI=1S/C22H18N2O4S/c1-27-16-8-3-6-14(12-16)23-20-19(18-10-5-11-29-18)21(25)24(22(20)26)15-7-4-9-17(13-15)28-2/h3-13,23H,1-2H3. The van der Waals surface area contributed by atoms with Gasteiger partial charge in [0, 0.05) is 22.7 Å². The molecular formula is C22H18N2O4S. The van der Waals surface area contributed by atoms with E-state index in [1.165, 1.54) is 23.3 Å². The smallest absolute Gasteiger partial charge is 0.282 e. The molecule has 1 aromatic heterocycles. The van der Waals surface area contributed by atoms with Gasteiger partial charge in [-0.15, -0.1) is 11.3 Å². The van der Waals surface area contributed by atoms with Crippen molar-refractivity contribution in [3.05, 3.63) is 76.6 Å². The van der Waals surface area contributed by atoms with Crippen molar-refractivity contribution in [2.45, 2.75) is 0 Å². The predicted octanol–water partition coefficient (Wildman–Crippen LogP) is 4.16. The number of nitrogens with one attached hydrogen (secondary N) is 1. The lowest BCUT2D eigenvalue weighted by Crippen LogP contribution is -2.32. The molecule has 0 bridgehead atoms. The first kappa shape index (κ1) is 18.8. The number of hydrogen-bond donors (Lipinski definition) is 1. The van der Waals surface area contributed by atoms with Gasteiger partial charge in [0.1, 0.15) is 17.2 Å². The van der Waals surface area contributed by atoms with Crippen molar-refractivity contribution in [1.29, 1.82) is 0 Å². The molecule has 4 rings (SSSR count). The summed E-state index contributed by atoms with van der Waals surface area (Å²) >= 11 is 1.41. The number of carbonyl (C=O) groups excluding carboxylic acids is 2. The fraction of sp³-hybridized carbons (Fsp3) is 0.0909. The van der Waals surface area contributed by atoms with E-state index in [9.17, 15) is 9.59 Å². The summed E-state index contributed by atoms with van der Waals surface area (Å²) in [6.07, 6.45) is 0. The molecule has 29 heavy (non-hydrogen) atoms. The van der Waals surface area contributed by atoms with Gasteiger partial charge >= 0.3 is 0 Å². The third-order valence-corrected chi connectivity index (χ3v) is 5.39. The molecule has 0 spiro atoms. The molecule has 2 aromatic carbocycles. The van der Waals surface area contributed by atoms with E-state index in [1.807, 2.05) is 35.7 Å². The first-order valence-electron chi connectivity index (χ1n) is 8.84. The van der Waals surface area contributed by atoms with E-state index in [-0.39, 0.29) is 11.6 Å². The molecule has 1 aliphatic rings. The summed E-state index contributed by atoms with van der Waals surface area (Å²) in [6.45, 7) is 0. The van der Waals surface area contributed by atoms with E-state index < -0.39 is 5.91 Å². The number of amides is 2. The molecule has 0 fully saturated rings. The van der Waals surface area contributed by atoms with Crippen molar-refractivity contribution in [1.82, 2.24) is 0 Å². The number of nitrogens with zero attached hydrogens (tertiary/aromatic N) is 1. The third-order valence-electron chi connectivity index (χ3n) is 4.50. The van der Waals surface area contributed by atoms with E-state index >= 15 is 0 Å². The SMILES string of the molecule is COc1cccc(NC2=C(c3cccs3)C(=O)N(c3cccc(OC)c3)C2=O)c1. The van der Waals surface area contributed by atoms with Gasteiger partial charge in [-0.2, -0.15) is 0 Å². The highest BCUT2D eigenvalue weighted by atomic mass is 32.1. The first-order valence-corrected chi connectivity index (χ1v) is 9.72. The van der Waals surface area contributed by atoms with Crippen molar-refractivity contribution in [3.63, 3.8) is 0 Å². The average molecular weight is 406 g/mol. The van der Waals surface area contributed by atoms with Gasteiger partial charge in [0.15, 0.2) is 0 Å². The molecular weight excluding hydrogens is 388 g/mol. The van der Waals surface area contributed by atoms with Crippen LogP contribution in [0.25, 0.3) is 5.57 Å². The molecule has 2 heterocycles. The van der Waals surface area contributed by atoms with Crippen molar-refractivity contribution < 1.29 is 19.1 Å². The Morgan fingerprint density at radius 2 is 1.59 bits per heavy atom. The zero-order valence-corrected chi connectivity index (χ0v) is 16.7. The number of benzene rings is 2. The highest BCUT2D eigenvalue weighted by molar-refractivity contribution is 7.11. The van der Waals surface area contributed by atoms with Crippen molar-refractivity contribution >= 4 is 40.1 Å². The van der Waals surface area contributed by atoms with Gasteiger partial charge in [0.2, 0.25) is 0 Å². The number of methoxy groups -OCH3 is 2. The zero-order chi connectivity index (χ0) is 20.4. The third kappa shape index (κ3) is 3.48. The quantitative estimate of drug-likeness (QED) is 0.623. The summed E-state index contributed by atoms with van der Waals surface area (Å²) in [5.74, 6) is 0.412. The highest BCUT2D eigenvalue weighted by Gasteiger charge is 2.40. The maximum Gasteiger partial charge on any atom is 0.282 e. The van der Waals surface area contributed by atoms with Gasteiger partial charge in [0.05, 0.1) is 25.5 Å². The molecule has 0 atom stereocenters. The lowest BCUT2D eigenvalue weighted by Gasteiger charge is -2.16. The first-order chi connectivity index (χ1) is 14.1. The van der Waals surface area contributed by atoms with E-state index in [4.69, 9.17) is 9.47 Å². The van der Waals surface area contributed by atoms with Crippen LogP contribution in [0.1, 0.15) is 4.88 Å². The number of hydrogen-bond acceptors (Lipinski definition) is 6. The summed E-state index contributed by atoms with van der Waals surface area (Å²) < 4.78 is 10.5. The topological polar surface area (TPSA) is 67.9 Å². The number of anilines is 2. The van der Waals surface area contributed by atoms with Gasteiger partial charge in [-0.25, -0.2) is 4.90 Å². The molecule has 1 aliphatic heterocycles. The highest BCUT2D eigenvalue weighted by Crippen LogP contribution is 2.36. The molecule has 6 nitrogen and oxygen atoms in total. The van der Waals surface area contributed by atoms with E-state index in [2.05, 4.69) is 5.32 Å². The predicted molar refractivity (Wildman–Crippen MR) is 113 cm³/mol. The summed E-state index contributed by atoms with van der Waals surface area (Å²) in [6, 6.07) is 17.8. The lowest BCUT2D eigenvalue weighted by molar-refractivity contribution is -0.120. The summed E-state index contributed by atoms with van der Waals surface area (Å²) in [5, 5.41) is 5.00. The van der Waals surface area contributed by atoms with Crippen LogP contribution >= 0.6 is 11.3 Å². The molecule has 2 amide bonds. The van der Waals surface area contributed by atoms with Crippen LogP contribution in [0.4, 0.5) is 11.4 Å².